The Hall–Kier alpha value is -1.51. The van der Waals surface area contributed by atoms with E-state index in [2.05, 4.69) is 39.8 Å². The first-order valence-corrected chi connectivity index (χ1v) is 8.22. The first kappa shape index (κ1) is 18.5. The Balaban J connectivity index is 3.04. The third-order valence-electron chi connectivity index (χ3n) is 3.81. The Labute approximate surface area is 135 Å². The van der Waals surface area contributed by atoms with Gasteiger partial charge in [-0.05, 0) is 48.8 Å². The van der Waals surface area contributed by atoms with Crippen molar-refractivity contribution in [1.82, 2.24) is 0 Å². The predicted molar refractivity (Wildman–Crippen MR) is 90.4 cm³/mol. The molecule has 0 aliphatic heterocycles. The molecule has 0 bridgehead atoms. The van der Waals surface area contributed by atoms with Crippen LogP contribution in [0.3, 0.4) is 0 Å². The maximum absolute atomic E-state index is 12.2. The van der Waals surface area contributed by atoms with Gasteiger partial charge < -0.3 is 9.47 Å². The molecule has 22 heavy (non-hydrogen) atoms. The zero-order valence-electron chi connectivity index (χ0n) is 14.8. The van der Waals surface area contributed by atoms with Crippen molar-refractivity contribution in [3.05, 3.63) is 29.3 Å². The van der Waals surface area contributed by atoms with Crippen molar-refractivity contribution in [3.63, 3.8) is 0 Å². The molecule has 0 amide bonds. The van der Waals surface area contributed by atoms with E-state index in [0.717, 1.165) is 17.7 Å². The lowest BCUT2D eigenvalue weighted by Crippen LogP contribution is -2.22. The van der Waals surface area contributed by atoms with E-state index in [1.807, 2.05) is 13.0 Å². The standard InChI is InChI=1S/C19H30O3/c1-7-22-19(20)17(10-13(2)3)12-16-11-15(14(4)5)8-9-18(16)21-6/h8-9,11,13-14,17H,7,10,12H2,1-6H3. The molecule has 124 valence electrons. The number of ether oxygens (including phenoxy) is 2. The van der Waals surface area contributed by atoms with Crippen LogP contribution in [0, 0.1) is 11.8 Å². The fourth-order valence-corrected chi connectivity index (χ4v) is 2.67. The first-order chi connectivity index (χ1) is 10.4. The van der Waals surface area contributed by atoms with Crippen LogP contribution >= 0.6 is 0 Å². The zero-order chi connectivity index (χ0) is 16.7. The molecular formula is C19H30O3. The van der Waals surface area contributed by atoms with Gasteiger partial charge in [0.25, 0.3) is 0 Å². The van der Waals surface area contributed by atoms with Gasteiger partial charge in [0.05, 0.1) is 19.6 Å². The molecule has 3 heteroatoms. The second-order valence-corrected chi connectivity index (χ2v) is 6.51. The molecule has 0 aliphatic rings. The van der Waals surface area contributed by atoms with Gasteiger partial charge in [0.15, 0.2) is 0 Å². The molecule has 0 saturated carbocycles. The molecule has 0 heterocycles. The lowest BCUT2D eigenvalue weighted by atomic mass is 9.89. The lowest BCUT2D eigenvalue weighted by Gasteiger charge is -2.20. The summed E-state index contributed by atoms with van der Waals surface area (Å²) in [5.74, 6) is 1.54. The Kier molecular flexibility index (Phi) is 7.43. The van der Waals surface area contributed by atoms with E-state index in [1.165, 1.54) is 5.56 Å². The van der Waals surface area contributed by atoms with E-state index in [9.17, 15) is 4.79 Å². The number of hydrogen-bond acceptors (Lipinski definition) is 3. The van der Waals surface area contributed by atoms with Gasteiger partial charge in [0.2, 0.25) is 0 Å². The molecular weight excluding hydrogens is 276 g/mol. The number of carbonyl (C=O) groups is 1. The monoisotopic (exact) mass is 306 g/mol. The maximum Gasteiger partial charge on any atom is 0.309 e. The highest BCUT2D eigenvalue weighted by Crippen LogP contribution is 2.28. The third-order valence-corrected chi connectivity index (χ3v) is 3.81. The molecule has 0 aliphatic carbocycles. The molecule has 1 rings (SSSR count). The van der Waals surface area contributed by atoms with Gasteiger partial charge in [0, 0.05) is 0 Å². The fourth-order valence-electron chi connectivity index (χ4n) is 2.67. The molecule has 1 aromatic rings. The van der Waals surface area contributed by atoms with Crippen LogP contribution in [0.5, 0.6) is 5.75 Å². The van der Waals surface area contributed by atoms with E-state index in [1.54, 1.807) is 7.11 Å². The van der Waals surface area contributed by atoms with Crippen LogP contribution in [-0.4, -0.2) is 19.7 Å². The topological polar surface area (TPSA) is 35.5 Å². The van der Waals surface area contributed by atoms with E-state index >= 15 is 0 Å². The normalized spacial score (nSPS) is 12.5. The minimum absolute atomic E-state index is 0.104. The number of esters is 1. The molecule has 1 aromatic carbocycles. The molecule has 1 atom stereocenters. The fraction of sp³-hybridized carbons (Fsp3) is 0.632. The van der Waals surface area contributed by atoms with Gasteiger partial charge in [-0.2, -0.15) is 0 Å². The summed E-state index contributed by atoms with van der Waals surface area (Å²) in [4.78, 5) is 12.2. The van der Waals surface area contributed by atoms with Crippen molar-refractivity contribution >= 4 is 5.97 Å². The van der Waals surface area contributed by atoms with E-state index in [-0.39, 0.29) is 11.9 Å². The maximum atomic E-state index is 12.2. The van der Waals surface area contributed by atoms with Crippen molar-refractivity contribution in [2.45, 2.75) is 53.4 Å². The van der Waals surface area contributed by atoms with Crippen LogP contribution in [0.25, 0.3) is 0 Å². The summed E-state index contributed by atoms with van der Waals surface area (Å²) >= 11 is 0. The number of methoxy groups -OCH3 is 1. The largest absolute Gasteiger partial charge is 0.496 e. The number of carbonyl (C=O) groups excluding carboxylic acids is 1. The van der Waals surface area contributed by atoms with Crippen molar-refractivity contribution in [2.75, 3.05) is 13.7 Å². The average molecular weight is 306 g/mol. The van der Waals surface area contributed by atoms with Crippen LogP contribution in [0.4, 0.5) is 0 Å². The first-order valence-electron chi connectivity index (χ1n) is 8.22. The molecule has 0 radical (unpaired) electrons. The molecule has 0 aromatic heterocycles. The van der Waals surface area contributed by atoms with Gasteiger partial charge in [-0.25, -0.2) is 0 Å². The Bertz CT molecular complexity index is 478. The highest BCUT2D eigenvalue weighted by atomic mass is 16.5. The minimum atomic E-state index is -0.115. The van der Waals surface area contributed by atoms with Gasteiger partial charge in [0.1, 0.15) is 5.75 Å². The summed E-state index contributed by atoms with van der Waals surface area (Å²) in [6.45, 7) is 10.9. The van der Waals surface area contributed by atoms with Crippen molar-refractivity contribution in [3.8, 4) is 5.75 Å². The summed E-state index contributed by atoms with van der Waals surface area (Å²) in [7, 11) is 1.68. The van der Waals surface area contributed by atoms with E-state index in [4.69, 9.17) is 9.47 Å². The highest BCUT2D eigenvalue weighted by molar-refractivity contribution is 5.73. The number of benzene rings is 1. The zero-order valence-corrected chi connectivity index (χ0v) is 14.8. The Morgan fingerprint density at radius 3 is 2.36 bits per heavy atom. The van der Waals surface area contributed by atoms with Crippen molar-refractivity contribution < 1.29 is 14.3 Å². The summed E-state index contributed by atoms with van der Waals surface area (Å²) in [5.41, 5.74) is 2.36. The van der Waals surface area contributed by atoms with Crippen molar-refractivity contribution in [2.24, 2.45) is 11.8 Å². The molecule has 0 saturated heterocycles. The van der Waals surface area contributed by atoms with Crippen molar-refractivity contribution in [1.29, 1.82) is 0 Å². The smallest absolute Gasteiger partial charge is 0.309 e. The molecule has 3 nitrogen and oxygen atoms in total. The highest BCUT2D eigenvalue weighted by Gasteiger charge is 2.23. The second kappa shape index (κ2) is 8.82. The van der Waals surface area contributed by atoms with Crippen LogP contribution in [0.1, 0.15) is 58.1 Å². The average Bonchev–Trinajstić information content (AvgIpc) is 2.46. The van der Waals surface area contributed by atoms with Gasteiger partial charge in [-0.15, -0.1) is 0 Å². The third kappa shape index (κ3) is 5.36. The number of hydrogen-bond donors (Lipinski definition) is 0. The Morgan fingerprint density at radius 2 is 1.86 bits per heavy atom. The SMILES string of the molecule is CCOC(=O)C(Cc1cc(C(C)C)ccc1OC)CC(C)C. The molecule has 0 N–H and O–H groups in total. The van der Waals surface area contributed by atoms with Crippen LogP contribution < -0.4 is 4.74 Å². The lowest BCUT2D eigenvalue weighted by molar-refractivity contribution is -0.148. The minimum Gasteiger partial charge on any atom is -0.496 e. The van der Waals surface area contributed by atoms with Crippen LogP contribution in [0.2, 0.25) is 0 Å². The summed E-state index contributed by atoms with van der Waals surface area (Å²) < 4.78 is 10.7. The quantitative estimate of drug-likeness (QED) is 0.659. The van der Waals surface area contributed by atoms with E-state index < -0.39 is 0 Å². The summed E-state index contributed by atoms with van der Waals surface area (Å²) in [5, 5.41) is 0. The van der Waals surface area contributed by atoms with Crippen LogP contribution in [0.15, 0.2) is 18.2 Å². The molecule has 1 unspecified atom stereocenters. The number of rotatable bonds is 8. The summed E-state index contributed by atoms with van der Waals surface area (Å²) in [6, 6.07) is 6.26. The Morgan fingerprint density at radius 1 is 1.18 bits per heavy atom. The molecule has 0 fully saturated rings. The van der Waals surface area contributed by atoms with Crippen LogP contribution in [-0.2, 0) is 16.0 Å². The molecule has 0 spiro atoms. The van der Waals surface area contributed by atoms with Gasteiger partial charge in [-0.1, -0.05) is 39.8 Å². The van der Waals surface area contributed by atoms with Gasteiger partial charge >= 0.3 is 5.97 Å². The van der Waals surface area contributed by atoms with E-state index in [0.29, 0.717) is 24.9 Å². The second-order valence-electron chi connectivity index (χ2n) is 6.51. The van der Waals surface area contributed by atoms with Gasteiger partial charge in [-0.3, -0.25) is 4.79 Å². The summed E-state index contributed by atoms with van der Waals surface area (Å²) in [6.07, 6.45) is 1.49. The predicted octanol–water partition coefficient (Wildman–Crippen LogP) is 4.59.